The van der Waals surface area contributed by atoms with E-state index in [0.717, 1.165) is 0 Å². The van der Waals surface area contributed by atoms with Crippen LogP contribution in [-0.2, 0) is 4.79 Å². The molecule has 0 saturated carbocycles. The summed E-state index contributed by atoms with van der Waals surface area (Å²) in [7, 11) is 0. The van der Waals surface area contributed by atoms with Gasteiger partial charge in [-0.2, -0.15) is 0 Å². The molecule has 0 amide bonds. The summed E-state index contributed by atoms with van der Waals surface area (Å²) in [5.74, 6) is -0.687. The molecular formula is C9H9NO4. The van der Waals surface area contributed by atoms with E-state index in [9.17, 15) is 4.79 Å². The number of benzene rings is 1. The van der Waals surface area contributed by atoms with Crippen LogP contribution in [0.25, 0.3) is 0 Å². The Kier molecular flexibility index (Phi) is 3.49. The van der Waals surface area contributed by atoms with Crippen LogP contribution in [0, 0.1) is 0 Å². The van der Waals surface area contributed by atoms with Crippen LogP contribution >= 0.6 is 0 Å². The van der Waals surface area contributed by atoms with Crippen molar-refractivity contribution in [2.75, 3.05) is 6.61 Å². The smallest absolute Gasteiger partial charge is 0.341 e. The molecule has 0 fully saturated rings. The Morgan fingerprint density at radius 2 is 2.21 bits per heavy atom. The lowest BCUT2D eigenvalue weighted by molar-refractivity contribution is -0.139. The molecule has 0 radical (unpaired) electrons. The fourth-order valence-electron chi connectivity index (χ4n) is 0.920. The first-order valence-electron chi connectivity index (χ1n) is 3.85. The third kappa shape index (κ3) is 2.78. The molecule has 0 aliphatic carbocycles. The van der Waals surface area contributed by atoms with E-state index in [1.165, 1.54) is 6.21 Å². The molecule has 14 heavy (non-hydrogen) atoms. The average Bonchev–Trinajstić information content (AvgIpc) is 2.17. The number of carboxylic acids is 1. The van der Waals surface area contributed by atoms with E-state index in [1.807, 2.05) is 0 Å². The number of aliphatic carboxylic acids is 1. The number of carboxylic acid groups (broad SMARTS) is 1. The maximum absolute atomic E-state index is 10.2. The molecule has 0 heterocycles. The first kappa shape index (κ1) is 10.0. The lowest BCUT2D eigenvalue weighted by Gasteiger charge is -2.05. The first-order valence-corrected chi connectivity index (χ1v) is 3.85. The molecule has 1 aromatic rings. The highest BCUT2D eigenvalue weighted by atomic mass is 16.5. The van der Waals surface area contributed by atoms with Crippen molar-refractivity contribution in [2.24, 2.45) is 5.16 Å². The van der Waals surface area contributed by atoms with Gasteiger partial charge in [0.05, 0.1) is 6.21 Å². The molecule has 0 aliphatic rings. The molecular weight excluding hydrogens is 186 g/mol. The van der Waals surface area contributed by atoms with Gasteiger partial charge in [-0.15, -0.1) is 0 Å². The topological polar surface area (TPSA) is 79.1 Å². The van der Waals surface area contributed by atoms with Crippen molar-refractivity contribution in [1.82, 2.24) is 0 Å². The number of nitrogens with zero attached hydrogens (tertiary/aromatic N) is 1. The van der Waals surface area contributed by atoms with Gasteiger partial charge in [-0.3, -0.25) is 0 Å². The average molecular weight is 195 g/mol. The Bertz CT molecular complexity index is 348. The summed E-state index contributed by atoms with van der Waals surface area (Å²) >= 11 is 0. The van der Waals surface area contributed by atoms with Crippen molar-refractivity contribution in [3.05, 3.63) is 29.8 Å². The van der Waals surface area contributed by atoms with E-state index in [-0.39, 0.29) is 0 Å². The van der Waals surface area contributed by atoms with Crippen molar-refractivity contribution in [3.63, 3.8) is 0 Å². The zero-order valence-corrected chi connectivity index (χ0v) is 7.25. The Morgan fingerprint density at radius 1 is 1.50 bits per heavy atom. The third-order valence-electron chi connectivity index (χ3n) is 1.47. The van der Waals surface area contributed by atoms with Gasteiger partial charge in [-0.05, 0) is 12.1 Å². The minimum absolute atomic E-state index is 0.368. The minimum atomic E-state index is -1.05. The van der Waals surface area contributed by atoms with E-state index in [0.29, 0.717) is 11.3 Å². The van der Waals surface area contributed by atoms with Crippen molar-refractivity contribution in [3.8, 4) is 5.75 Å². The van der Waals surface area contributed by atoms with Gasteiger partial charge in [0.15, 0.2) is 6.61 Å². The van der Waals surface area contributed by atoms with Crippen molar-refractivity contribution in [1.29, 1.82) is 0 Å². The summed E-state index contributed by atoms with van der Waals surface area (Å²) in [6, 6.07) is 6.67. The number of rotatable bonds is 4. The number of ether oxygens (including phenoxy) is 1. The minimum Gasteiger partial charge on any atom is -0.481 e. The summed E-state index contributed by atoms with van der Waals surface area (Å²) in [4.78, 5) is 10.2. The van der Waals surface area contributed by atoms with Crippen LogP contribution in [0.3, 0.4) is 0 Å². The van der Waals surface area contributed by atoms with E-state index in [4.69, 9.17) is 15.1 Å². The van der Waals surface area contributed by atoms with Crippen LogP contribution in [0.5, 0.6) is 5.75 Å². The molecule has 5 nitrogen and oxygen atoms in total. The number of oxime groups is 1. The van der Waals surface area contributed by atoms with Crippen LogP contribution in [0.2, 0.25) is 0 Å². The Balaban J connectivity index is 2.79. The van der Waals surface area contributed by atoms with Crippen LogP contribution in [0.1, 0.15) is 5.56 Å². The van der Waals surface area contributed by atoms with E-state index in [1.54, 1.807) is 24.3 Å². The molecule has 1 aromatic carbocycles. The standard InChI is InChI=1S/C9H9NO4/c11-9(12)6-14-8-4-2-1-3-7(8)5-10-13/h1-5,13H,6H2,(H,11,12)/b10-5+. The predicted molar refractivity (Wildman–Crippen MR) is 49.0 cm³/mol. The SMILES string of the molecule is O=C(O)COc1ccccc1/C=N/O. The summed E-state index contributed by atoms with van der Waals surface area (Å²) in [6.07, 6.45) is 1.18. The second-order valence-corrected chi connectivity index (χ2v) is 2.46. The second kappa shape index (κ2) is 4.86. The van der Waals surface area contributed by atoms with Crippen molar-refractivity contribution >= 4 is 12.2 Å². The van der Waals surface area contributed by atoms with E-state index >= 15 is 0 Å². The van der Waals surface area contributed by atoms with Gasteiger partial charge in [-0.1, -0.05) is 17.3 Å². The molecule has 0 saturated heterocycles. The second-order valence-electron chi connectivity index (χ2n) is 2.46. The Labute approximate surface area is 80.2 Å². The highest BCUT2D eigenvalue weighted by Gasteiger charge is 2.02. The molecule has 0 atom stereocenters. The Hall–Kier alpha value is -2.04. The van der Waals surface area contributed by atoms with Crippen molar-refractivity contribution < 1.29 is 19.8 Å². The van der Waals surface area contributed by atoms with Crippen LogP contribution in [-0.4, -0.2) is 29.1 Å². The van der Waals surface area contributed by atoms with Gasteiger partial charge in [0.2, 0.25) is 0 Å². The van der Waals surface area contributed by atoms with E-state index in [2.05, 4.69) is 5.16 Å². The molecule has 2 N–H and O–H groups in total. The third-order valence-corrected chi connectivity index (χ3v) is 1.47. The fraction of sp³-hybridized carbons (Fsp3) is 0.111. The number of hydrogen-bond donors (Lipinski definition) is 2. The van der Waals surface area contributed by atoms with Gasteiger partial charge >= 0.3 is 5.97 Å². The zero-order chi connectivity index (χ0) is 10.4. The Morgan fingerprint density at radius 3 is 2.86 bits per heavy atom. The highest BCUT2D eigenvalue weighted by molar-refractivity contribution is 5.83. The van der Waals surface area contributed by atoms with Gasteiger partial charge in [0.1, 0.15) is 5.75 Å². The van der Waals surface area contributed by atoms with Crippen LogP contribution < -0.4 is 4.74 Å². The van der Waals surface area contributed by atoms with Crippen LogP contribution in [0.15, 0.2) is 29.4 Å². The van der Waals surface area contributed by atoms with Gasteiger partial charge in [0, 0.05) is 5.56 Å². The van der Waals surface area contributed by atoms with Gasteiger partial charge in [0.25, 0.3) is 0 Å². The molecule has 74 valence electrons. The largest absolute Gasteiger partial charge is 0.481 e. The monoisotopic (exact) mass is 195 g/mol. The predicted octanol–water partition coefficient (Wildman–Crippen LogP) is 0.958. The summed E-state index contributed by atoms with van der Waals surface area (Å²) < 4.78 is 4.95. The fourth-order valence-corrected chi connectivity index (χ4v) is 0.920. The summed E-state index contributed by atoms with van der Waals surface area (Å²) in [6.45, 7) is -0.420. The number of carbonyl (C=O) groups is 1. The summed E-state index contributed by atoms with van der Waals surface area (Å²) in [5.41, 5.74) is 0.524. The highest BCUT2D eigenvalue weighted by Crippen LogP contribution is 2.15. The number of hydrogen-bond acceptors (Lipinski definition) is 4. The quantitative estimate of drug-likeness (QED) is 0.426. The maximum atomic E-state index is 10.2. The molecule has 1 rings (SSSR count). The molecule has 0 bridgehead atoms. The maximum Gasteiger partial charge on any atom is 0.341 e. The molecule has 0 spiro atoms. The van der Waals surface area contributed by atoms with Gasteiger partial charge in [-0.25, -0.2) is 4.79 Å². The normalized spacial score (nSPS) is 10.3. The molecule has 0 unspecified atom stereocenters. The van der Waals surface area contributed by atoms with Crippen LogP contribution in [0.4, 0.5) is 0 Å². The molecule has 0 aliphatic heterocycles. The lowest BCUT2D eigenvalue weighted by Crippen LogP contribution is -2.10. The molecule has 5 heteroatoms. The number of para-hydroxylation sites is 1. The first-order chi connectivity index (χ1) is 6.74. The van der Waals surface area contributed by atoms with E-state index < -0.39 is 12.6 Å². The zero-order valence-electron chi connectivity index (χ0n) is 7.25. The molecule has 0 aromatic heterocycles. The van der Waals surface area contributed by atoms with Gasteiger partial charge < -0.3 is 15.1 Å². The lowest BCUT2D eigenvalue weighted by atomic mass is 10.2. The summed E-state index contributed by atoms with van der Waals surface area (Å²) in [5, 5.41) is 19.5. The van der Waals surface area contributed by atoms with Crippen molar-refractivity contribution in [2.45, 2.75) is 0 Å².